The van der Waals surface area contributed by atoms with Crippen LogP contribution in [-0.4, -0.2) is 62.1 Å². The van der Waals surface area contributed by atoms with E-state index in [0.717, 1.165) is 43.0 Å². The van der Waals surface area contributed by atoms with Gasteiger partial charge in [-0.2, -0.15) is 13.2 Å². The highest BCUT2D eigenvalue weighted by Crippen LogP contribution is 2.19. The minimum absolute atomic E-state index is 0.0782. The first-order chi connectivity index (χ1) is 15.4. The summed E-state index contributed by atoms with van der Waals surface area (Å²) in [5.74, 6) is -2.96. The number of hydrogen-bond donors (Lipinski definition) is 1. The van der Waals surface area contributed by atoms with Gasteiger partial charge in [0.05, 0.1) is 30.7 Å². The van der Waals surface area contributed by atoms with Gasteiger partial charge in [0.15, 0.2) is 0 Å². The molecule has 1 amide bonds. The highest BCUT2D eigenvalue weighted by atomic mass is 19.4. The van der Waals surface area contributed by atoms with Gasteiger partial charge < -0.3 is 14.6 Å². The number of aliphatic carboxylic acids is 1. The van der Waals surface area contributed by atoms with Crippen molar-refractivity contribution >= 4 is 11.9 Å². The molecular weight excluding hydrogens is 444 g/mol. The van der Waals surface area contributed by atoms with E-state index >= 15 is 0 Å². The van der Waals surface area contributed by atoms with Crippen LogP contribution in [0.4, 0.5) is 17.6 Å². The topological polar surface area (TPSA) is 78.7 Å². The summed E-state index contributed by atoms with van der Waals surface area (Å²) >= 11 is 0. The zero-order valence-corrected chi connectivity index (χ0v) is 18.8. The van der Waals surface area contributed by atoms with Crippen molar-refractivity contribution in [1.29, 1.82) is 0 Å². The Morgan fingerprint density at radius 2 is 1.79 bits per heavy atom. The van der Waals surface area contributed by atoms with Crippen LogP contribution in [0.1, 0.15) is 37.2 Å². The molecule has 0 spiro atoms. The van der Waals surface area contributed by atoms with Crippen LogP contribution in [0, 0.1) is 5.82 Å². The molecule has 0 saturated heterocycles. The van der Waals surface area contributed by atoms with E-state index in [9.17, 15) is 22.4 Å². The van der Waals surface area contributed by atoms with Gasteiger partial charge >= 0.3 is 12.1 Å². The number of carboxylic acids is 1. The summed E-state index contributed by atoms with van der Waals surface area (Å²) in [6.07, 6.45) is -1.97. The smallest absolute Gasteiger partial charge is 0.475 e. The molecule has 7 nitrogen and oxygen atoms in total. The van der Waals surface area contributed by atoms with Crippen LogP contribution in [0.15, 0.2) is 30.6 Å². The first-order valence-electron chi connectivity index (χ1n) is 10.4. The molecule has 0 atom stereocenters. The number of benzene rings is 1. The number of rotatable bonds is 5. The van der Waals surface area contributed by atoms with Gasteiger partial charge in [0, 0.05) is 25.7 Å². The van der Waals surface area contributed by atoms with E-state index in [-0.39, 0.29) is 11.7 Å². The number of fused-ring (bicyclic) bond motifs is 1. The van der Waals surface area contributed by atoms with Gasteiger partial charge in [-0.05, 0) is 45.0 Å². The molecule has 1 aromatic carbocycles. The molecule has 0 bridgehead atoms. The van der Waals surface area contributed by atoms with E-state index in [1.54, 1.807) is 12.1 Å². The molecule has 3 rings (SSSR count). The van der Waals surface area contributed by atoms with E-state index in [2.05, 4.69) is 35.3 Å². The average Bonchev–Trinajstić information content (AvgIpc) is 2.96. The molecule has 0 saturated carbocycles. The van der Waals surface area contributed by atoms with Crippen LogP contribution in [-0.2, 0) is 35.6 Å². The number of halogens is 4. The highest BCUT2D eigenvalue weighted by molar-refractivity contribution is 5.78. The van der Waals surface area contributed by atoms with Crippen LogP contribution in [0.5, 0.6) is 0 Å². The van der Waals surface area contributed by atoms with Crippen molar-refractivity contribution < 1.29 is 32.3 Å². The largest absolute Gasteiger partial charge is 0.490 e. The van der Waals surface area contributed by atoms with Gasteiger partial charge in [-0.25, -0.2) is 14.2 Å². The van der Waals surface area contributed by atoms with Crippen LogP contribution >= 0.6 is 0 Å². The molecule has 182 valence electrons. The van der Waals surface area contributed by atoms with Gasteiger partial charge in [-0.1, -0.05) is 12.1 Å². The second-order valence-electron chi connectivity index (χ2n) is 8.12. The third-order valence-electron chi connectivity index (χ3n) is 5.34. The lowest BCUT2D eigenvalue weighted by atomic mass is 10.1. The Labute approximate surface area is 189 Å². The molecular formula is C22H28F4N4O3. The second kappa shape index (κ2) is 11.3. The third kappa shape index (κ3) is 7.85. The maximum atomic E-state index is 13.1. The highest BCUT2D eigenvalue weighted by Gasteiger charge is 2.38. The van der Waals surface area contributed by atoms with Crippen LogP contribution in [0.3, 0.4) is 0 Å². The summed E-state index contributed by atoms with van der Waals surface area (Å²) in [6, 6.07) is 6.60. The van der Waals surface area contributed by atoms with E-state index in [0.29, 0.717) is 19.0 Å². The lowest BCUT2D eigenvalue weighted by Crippen LogP contribution is -2.33. The van der Waals surface area contributed by atoms with Gasteiger partial charge in [-0.3, -0.25) is 9.69 Å². The fraction of sp³-hybridized carbons (Fsp3) is 0.500. The molecule has 0 fully saturated rings. The number of carbonyl (C=O) groups excluding carboxylic acids is 1. The number of imidazole rings is 1. The van der Waals surface area contributed by atoms with Crippen molar-refractivity contribution in [2.75, 3.05) is 13.6 Å². The molecule has 1 aliphatic heterocycles. The summed E-state index contributed by atoms with van der Waals surface area (Å²) in [4.78, 5) is 30.4. The lowest BCUT2D eigenvalue weighted by molar-refractivity contribution is -0.192. The van der Waals surface area contributed by atoms with Gasteiger partial charge in [0.25, 0.3) is 0 Å². The van der Waals surface area contributed by atoms with E-state index in [1.165, 1.54) is 12.1 Å². The normalized spacial score (nSPS) is 13.9. The van der Waals surface area contributed by atoms with Crippen molar-refractivity contribution in [3.05, 3.63) is 53.4 Å². The molecule has 0 radical (unpaired) electrons. The number of aromatic nitrogens is 2. The number of carbonyl (C=O) groups is 2. The molecule has 2 aromatic rings. The SMILES string of the molecule is CC(C)N(C)Cc1ncn2c1CN(C(=O)Cc1ccc(F)cc1)CCC2.O=C(O)C(F)(F)F. The summed E-state index contributed by atoms with van der Waals surface area (Å²) in [5.41, 5.74) is 3.01. The fourth-order valence-corrected chi connectivity index (χ4v) is 3.17. The first-order valence-corrected chi connectivity index (χ1v) is 10.4. The monoisotopic (exact) mass is 472 g/mol. The van der Waals surface area contributed by atoms with Gasteiger partial charge in [0.2, 0.25) is 5.91 Å². The molecule has 33 heavy (non-hydrogen) atoms. The zero-order valence-electron chi connectivity index (χ0n) is 18.8. The van der Waals surface area contributed by atoms with Crippen molar-refractivity contribution in [3.8, 4) is 0 Å². The summed E-state index contributed by atoms with van der Waals surface area (Å²) in [7, 11) is 2.09. The Morgan fingerprint density at radius 3 is 2.33 bits per heavy atom. The minimum Gasteiger partial charge on any atom is -0.475 e. The zero-order chi connectivity index (χ0) is 24.8. The average molecular weight is 472 g/mol. The van der Waals surface area contributed by atoms with Crippen molar-refractivity contribution in [1.82, 2.24) is 19.4 Å². The number of amides is 1. The van der Waals surface area contributed by atoms with Crippen LogP contribution < -0.4 is 0 Å². The summed E-state index contributed by atoms with van der Waals surface area (Å²) in [5, 5.41) is 7.12. The molecule has 2 heterocycles. The lowest BCUT2D eigenvalue weighted by Gasteiger charge is -2.23. The number of alkyl halides is 3. The maximum absolute atomic E-state index is 13.1. The first kappa shape index (κ1) is 26.3. The molecule has 11 heteroatoms. The van der Waals surface area contributed by atoms with Crippen molar-refractivity contribution in [2.24, 2.45) is 0 Å². The van der Waals surface area contributed by atoms with Gasteiger partial charge in [0.1, 0.15) is 5.82 Å². The molecule has 0 unspecified atom stereocenters. The molecule has 1 aliphatic rings. The fourth-order valence-electron chi connectivity index (χ4n) is 3.17. The van der Waals surface area contributed by atoms with Gasteiger partial charge in [-0.15, -0.1) is 0 Å². The number of aryl methyl sites for hydroxylation is 1. The summed E-state index contributed by atoms with van der Waals surface area (Å²) < 4.78 is 47.0. The van der Waals surface area contributed by atoms with Crippen molar-refractivity contribution in [3.63, 3.8) is 0 Å². The minimum atomic E-state index is -5.08. The standard InChI is InChI=1S/C20H27FN4O.C2HF3O2/c1-15(2)23(3)12-18-19-13-24(9-4-10-25(19)14-22-18)20(26)11-16-5-7-17(21)8-6-16;3-2(4,5)1(6)7/h5-8,14-15H,4,9-13H2,1-3H3;(H,6,7). The van der Waals surface area contributed by atoms with E-state index < -0.39 is 12.1 Å². The summed E-state index contributed by atoms with van der Waals surface area (Å²) in [6.45, 7) is 7.30. The Balaban J connectivity index is 0.000000479. The van der Waals surface area contributed by atoms with Crippen LogP contribution in [0.25, 0.3) is 0 Å². The number of carboxylic acid groups (broad SMARTS) is 1. The Morgan fingerprint density at radius 1 is 1.18 bits per heavy atom. The quantitative estimate of drug-likeness (QED) is 0.675. The Hall–Kier alpha value is -2.95. The molecule has 1 N–H and O–H groups in total. The van der Waals surface area contributed by atoms with Crippen molar-refractivity contribution in [2.45, 2.75) is 58.5 Å². The Bertz CT molecular complexity index is 942. The molecule has 1 aromatic heterocycles. The number of hydrogen-bond acceptors (Lipinski definition) is 4. The predicted octanol–water partition coefficient (Wildman–Crippen LogP) is 3.47. The number of nitrogens with zero attached hydrogens (tertiary/aromatic N) is 4. The molecule has 0 aliphatic carbocycles. The third-order valence-corrected chi connectivity index (χ3v) is 5.34. The second-order valence-corrected chi connectivity index (χ2v) is 8.12. The maximum Gasteiger partial charge on any atom is 0.490 e. The Kier molecular flexibility index (Phi) is 8.98. The van der Waals surface area contributed by atoms with Crippen LogP contribution in [0.2, 0.25) is 0 Å². The van der Waals surface area contributed by atoms with E-state index in [1.807, 2.05) is 11.2 Å². The predicted molar refractivity (Wildman–Crippen MR) is 113 cm³/mol. The van der Waals surface area contributed by atoms with E-state index in [4.69, 9.17) is 9.90 Å².